The Morgan fingerprint density at radius 3 is 1.28 bits per heavy atom. The van der Waals surface area contributed by atoms with Gasteiger partial charge in [-0.3, -0.25) is 4.18 Å². The fourth-order valence-electron chi connectivity index (χ4n) is 6.43. The van der Waals surface area contributed by atoms with Crippen LogP contribution in [0.25, 0.3) is 0 Å². The first-order chi connectivity index (χ1) is 28.2. The van der Waals surface area contributed by atoms with Gasteiger partial charge in [-0.1, -0.05) is 165 Å². The van der Waals surface area contributed by atoms with Crippen LogP contribution in [-0.4, -0.2) is 45.8 Å². The van der Waals surface area contributed by atoms with E-state index < -0.39 is 38.1 Å². The van der Waals surface area contributed by atoms with Gasteiger partial charge < -0.3 is 9.29 Å². The average molecular weight is 968 g/mol. The molecule has 0 fully saturated rings. The smallest absolute Gasteiger partial charge is 0.428 e. The molecule has 0 aliphatic rings. The summed E-state index contributed by atoms with van der Waals surface area (Å²) in [6.45, 7) is 20.6. The van der Waals surface area contributed by atoms with Crippen molar-refractivity contribution in [2.45, 2.75) is 148 Å². The predicted octanol–water partition coefficient (Wildman–Crippen LogP) is 12.2. The highest BCUT2D eigenvalue weighted by atomic mass is 79.9. The molecule has 61 heavy (non-hydrogen) atoms. The Morgan fingerprint density at radius 1 is 0.574 bits per heavy atom. The lowest BCUT2D eigenvalue weighted by molar-refractivity contribution is -0.161. The molecule has 0 unspecified atom stereocenters. The van der Waals surface area contributed by atoms with Gasteiger partial charge >= 0.3 is 11.2 Å². The first-order valence-corrected chi connectivity index (χ1v) is 25.2. The number of carbonyl (C=O) groups is 1. The molecular weight excluding hydrogens is 907 g/mol. The lowest BCUT2D eigenvalue weighted by Gasteiger charge is -2.28. The standard InChI is InChI=1S/C30H39S.C17H23BrF2O8S2/c1-28(2,3)22-16-10-13-19-25(22)31(26-20-14-11-17-23(26)29(4,5)6)27-21-15-12-18-24(27)30(7,8)9;18-14-8-10-15(11-9-14)29(22,23)28-13-7-5-3-1-2-4-6-12-27-16(21)17(19,20)30(24,25)26/h10-21H,1-9H3;8-11H,1-7,12-13H2,(H,24,25,26)/q+1;/p-1. The summed E-state index contributed by atoms with van der Waals surface area (Å²) in [5.41, 5.74) is 4.54. The molecule has 8 nitrogen and oxygen atoms in total. The van der Waals surface area contributed by atoms with Crippen molar-refractivity contribution in [1.29, 1.82) is 0 Å². The summed E-state index contributed by atoms with van der Waals surface area (Å²) in [5.74, 6) is -2.37. The van der Waals surface area contributed by atoms with Crippen LogP contribution in [0.1, 0.15) is 124 Å². The molecule has 0 radical (unpaired) electrons. The minimum Gasteiger partial charge on any atom is -0.743 e. The predicted molar refractivity (Wildman–Crippen MR) is 243 cm³/mol. The lowest BCUT2D eigenvalue weighted by Crippen LogP contribution is -2.39. The topological polar surface area (TPSA) is 127 Å². The third-order valence-corrected chi connectivity index (χ3v) is 14.7. The maximum atomic E-state index is 12.9. The Hall–Kier alpha value is -3.14. The van der Waals surface area contributed by atoms with Crippen LogP contribution in [0.5, 0.6) is 0 Å². The van der Waals surface area contributed by atoms with Crippen LogP contribution in [0.4, 0.5) is 8.78 Å². The Balaban J connectivity index is 0.000000326. The zero-order valence-electron chi connectivity index (χ0n) is 36.7. The second-order valence-corrected chi connectivity index (χ2v) is 23.7. The second kappa shape index (κ2) is 22.0. The number of halogens is 3. The molecule has 4 rings (SSSR count). The fourth-order valence-corrected chi connectivity index (χ4v) is 11.0. The molecule has 0 atom stereocenters. The first-order valence-electron chi connectivity index (χ1n) is 20.4. The number of esters is 1. The molecule has 0 N–H and O–H groups in total. The molecule has 4 aromatic carbocycles. The minimum atomic E-state index is -6.10. The normalized spacial score (nSPS) is 12.8. The molecule has 14 heteroatoms. The average Bonchev–Trinajstić information content (AvgIpc) is 3.16. The summed E-state index contributed by atoms with van der Waals surface area (Å²) in [5, 5.41) is -5.08. The van der Waals surface area contributed by atoms with Gasteiger partial charge in [-0.15, -0.1) is 0 Å². The van der Waals surface area contributed by atoms with Crippen LogP contribution in [-0.2, 0) is 61.1 Å². The first kappa shape index (κ1) is 52.2. The third kappa shape index (κ3) is 15.3. The van der Waals surface area contributed by atoms with Crippen molar-refractivity contribution in [2.75, 3.05) is 13.2 Å². The van der Waals surface area contributed by atoms with Gasteiger partial charge in [0.05, 0.1) is 18.1 Å². The molecule has 0 aromatic heterocycles. The molecule has 4 aromatic rings. The number of alkyl halides is 2. The van der Waals surface area contributed by atoms with E-state index in [1.807, 2.05) is 0 Å². The van der Waals surface area contributed by atoms with E-state index in [0.717, 1.165) is 23.7 Å². The SMILES string of the molecule is CC(C)(C)c1ccccc1[S+](c1ccccc1C(C)(C)C)c1ccccc1C(C)(C)C.O=C(OCCCCCCCCCOS(=O)(=O)c1ccc(Br)cc1)C(F)(F)S(=O)(=O)[O-]. The molecule has 0 amide bonds. The zero-order chi connectivity index (χ0) is 45.9. The Labute approximate surface area is 374 Å². The molecule has 0 spiro atoms. The van der Waals surface area contributed by atoms with Crippen molar-refractivity contribution >= 4 is 53.0 Å². The van der Waals surface area contributed by atoms with Crippen LogP contribution in [0.15, 0.2) is 121 Å². The van der Waals surface area contributed by atoms with E-state index >= 15 is 0 Å². The number of hydrogen-bond donors (Lipinski definition) is 0. The van der Waals surface area contributed by atoms with Gasteiger partial charge in [-0.25, -0.2) is 13.2 Å². The van der Waals surface area contributed by atoms with Gasteiger partial charge in [0.25, 0.3) is 10.1 Å². The monoisotopic (exact) mass is 966 g/mol. The molecule has 0 bridgehead atoms. The second-order valence-electron chi connectivity index (χ2n) is 17.9. The number of ether oxygens (including phenoxy) is 1. The summed E-state index contributed by atoms with van der Waals surface area (Å²) in [6, 6.07) is 33.4. The number of rotatable bonds is 17. The van der Waals surface area contributed by atoms with Crippen molar-refractivity contribution in [1.82, 2.24) is 0 Å². The van der Waals surface area contributed by atoms with E-state index in [4.69, 9.17) is 4.18 Å². The largest absolute Gasteiger partial charge is 0.743 e. The van der Waals surface area contributed by atoms with Gasteiger partial charge in [0.15, 0.2) is 24.8 Å². The van der Waals surface area contributed by atoms with Crippen molar-refractivity contribution in [3.8, 4) is 0 Å². The van der Waals surface area contributed by atoms with Gasteiger partial charge in [0, 0.05) is 21.2 Å². The van der Waals surface area contributed by atoms with E-state index in [0.29, 0.717) is 19.3 Å². The molecular formula is C47H61BrF2O8S3. The minimum absolute atomic E-state index is 0.0607. The summed E-state index contributed by atoms with van der Waals surface area (Å²) in [6.07, 6.45) is 4.38. The van der Waals surface area contributed by atoms with Crippen LogP contribution in [0, 0.1) is 0 Å². The number of hydrogen-bond acceptors (Lipinski definition) is 8. The van der Waals surface area contributed by atoms with E-state index in [1.54, 1.807) is 12.1 Å². The summed E-state index contributed by atoms with van der Waals surface area (Å²) < 4.78 is 90.3. The maximum absolute atomic E-state index is 12.9. The van der Waals surface area contributed by atoms with Gasteiger partial charge in [-0.05, 0) is 71.6 Å². The summed E-state index contributed by atoms with van der Waals surface area (Å²) >= 11 is 3.22. The van der Waals surface area contributed by atoms with Crippen LogP contribution in [0.2, 0.25) is 0 Å². The number of carbonyl (C=O) groups excluding carboxylic acids is 1. The third-order valence-electron chi connectivity index (χ3n) is 9.66. The lowest BCUT2D eigenvalue weighted by atomic mass is 9.87. The van der Waals surface area contributed by atoms with Crippen molar-refractivity contribution in [3.05, 3.63) is 118 Å². The summed E-state index contributed by atoms with van der Waals surface area (Å²) in [7, 11) is -10.1. The van der Waals surface area contributed by atoms with Crippen molar-refractivity contribution in [3.63, 3.8) is 0 Å². The van der Waals surface area contributed by atoms with Crippen molar-refractivity contribution in [2.24, 2.45) is 0 Å². The van der Waals surface area contributed by atoms with Crippen LogP contribution < -0.4 is 0 Å². The van der Waals surface area contributed by atoms with E-state index in [1.165, 1.54) is 43.5 Å². The Kier molecular flexibility index (Phi) is 18.8. The quantitative estimate of drug-likeness (QED) is 0.0337. The van der Waals surface area contributed by atoms with Gasteiger partial charge in [0.2, 0.25) is 0 Å². The zero-order valence-corrected chi connectivity index (χ0v) is 40.8. The molecule has 0 saturated heterocycles. The molecule has 0 aliphatic carbocycles. The highest BCUT2D eigenvalue weighted by Gasteiger charge is 2.48. The number of benzene rings is 4. The Bertz CT molecular complexity index is 2120. The van der Waals surface area contributed by atoms with Crippen LogP contribution >= 0.6 is 15.9 Å². The van der Waals surface area contributed by atoms with Crippen LogP contribution in [0.3, 0.4) is 0 Å². The Morgan fingerprint density at radius 2 is 0.918 bits per heavy atom. The fraction of sp³-hybridized carbons (Fsp3) is 0.468. The highest BCUT2D eigenvalue weighted by molar-refractivity contribution is 9.10. The van der Waals surface area contributed by atoms with E-state index in [9.17, 15) is 35.0 Å². The van der Waals surface area contributed by atoms with Gasteiger partial charge in [0.1, 0.15) is 10.9 Å². The highest BCUT2D eigenvalue weighted by Crippen LogP contribution is 2.44. The molecule has 0 aliphatic heterocycles. The molecule has 0 saturated carbocycles. The summed E-state index contributed by atoms with van der Waals surface area (Å²) in [4.78, 5) is 15.3. The molecule has 336 valence electrons. The van der Waals surface area contributed by atoms with E-state index in [-0.39, 0.29) is 45.1 Å². The van der Waals surface area contributed by atoms with Crippen molar-refractivity contribution < 1.29 is 43.9 Å². The number of unbranched alkanes of at least 4 members (excludes halogenated alkanes) is 6. The van der Waals surface area contributed by atoms with E-state index in [2.05, 4.69) is 156 Å². The maximum Gasteiger partial charge on any atom is 0.428 e. The molecule has 0 heterocycles. The van der Waals surface area contributed by atoms with Gasteiger partial charge in [-0.2, -0.15) is 17.2 Å².